The van der Waals surface area contributed by atoms with Gasteiger partial charge in [-0.1, -0.05) is 11.6 Å². The van der Waals surface area contributed by atoms with Gasteiger partial charge in [0.05, 0.1) is 6.26 Å². The molecule has 0 saturated carbocycles. The van der Waals surface area contributed by atoms with E-state index in [-0.39, 0.29) is 5.92 Å². The van der Waals surface area contributed by atoms with Crippen molar-refractivity contribution in [2.45, 2.75) is 25.7 Å². The van der Waals surface area contributed by atoms with Crippen LogP contribution in [0.3, 0.4) is 0 Å². The van der Waals surface area contributed by atoms with Crippen molar-refractivity contribution in [3.8, 4) is 0 Å². The van der Waals surface area contributed by atoms with Crippen molar-refractivity contribution < 1.29 is 8.42 Å². The number of nitrogens with zero attached hydrogens (tertiary/aromatic N) is 3. The van der Waals surface area contributed by atoms with Crippen molar-refractivity contribution >= 4 is 21.6 Å². The number of halogens is 1. The van der Waals surface area contributed by atoms with Crippen molar-refractivity contribution in [3.63, 3.8) is 0 Å². The van der Waals surface area contributed by atoms with E-state index in [0.29, 0.717) is 18.2 Å². The number of aromatic nitrogens is 2. The lowest BCUT2D eigenvalue weighted by Crippen LogP contribution is -2.37. The second-order valence-electron chi connectivity index (χ2n) is 4.63. The fraction of sp³-hybridized carbons (Fsp3) is 0.636. The predicted molar refractivity (Wildman–Crippen MR) is 70.2 cm³/mol. The highest BCUT2D eigenvalue weighted by Gasteiger charge is 2.27. The Morgan fingerprint density at radius 1 is 1.33 bits per heavy atom. The molecule has 0 spiro atoms. The van der Waals surface area contributed by atoms with Gasteiger partial charge in [0.25, 0.3) is 0 Å². The molecule has 0 unspecified atom stereocenters. The van der Waals surface area contributed by atoms with E-state index in [4.69, 9.17) is 11.6 Å². The van der Waals surface area contributed by atoms with Gasteiger partial charge in [-0.3, -0.25) is 0 Å². The first-order valence-corrected chi connectivity index (χ1v) is 8.05. The van der Waals surface area contributed by atoms with Gasteiger partial charge in [0, 0.05) is 24.7 Å². The van der Waals surface area contributed by atoms with Gasteiger partial charge >= 0.3 is 0 Å². The van der Waals surface area contributed by atoms with Crippen LogP contribution in [0.25, 0.3) is 0 Å². The second kappa shape index (κ2) is 5.11. The first-order valence-electron chi connectivity index (χ1n) is 5.82. The van der Waals surface area contributed by atoms with E-state index in [1.165, 1.54) is 10.6 Å². The highest BCUT2D eigenvalue weighted by atomic mass is 35.5. The summed E-state index contributed by atoms with van der Waals surface area (Å²) < 4.78 is 24.3. The molecule has 0 bridgehead atoms. The van der Waals surface area contributed by atoms with Gasteiger partial charge in [0.2, 0.25) is 10.0 Å². The summed E-state index contributed by atoms with van der Waals surface area (Å²) in [6.45, 7) is 2.93. The van der Waals surface area contributed by atoms with Crippen LogP contribution in [0.1, 0.15) is 30.3 Å². The van der Waals surface area contributed by atoms with E-state index in [1.54, 1.807) is 6.07 Å². The van der Waals surface area contributed by atoms with E-state index in [0.717, 1.165) is 24.4 Å². The van der Waals surface area contributed by atoms with E-state index >= 15 is 0 Å². The Morgan fingerprint density at radius 3 is 2.44 bits per heavy atom. The van der Waals surface area contributed by atoms with Crippen LogP contribution >= 0.6 is 11.6 Å². The Hall–Kier alpha value is -0.720. The molecule has 1 aromatic heterocycles. The maximum Gasteiger partial charge on any atom is 0.211 e. The monoisotopic (exact) mass is 289 g/mol. The lowest BCUT2D eigenvalue weighted by molar-refractivity contribution is 0.315. The number of aryl methyl sites for hydroxylation is 1. The molecule has 0 N–H and O–H groups in total. The second-order valence-corrected chi connectivity index (χ2v) is 7.00. The Balaban J connectivity index is 2.10. The topological polar surface area (TPSA) is 63.2 Å². The first kappa shape index (κ1) is 13.7. The molecule has 5 nitrogen and oxygen atoms in total. The maximum absolute atomic E-state index is 11.4. The molecule has 1 saturated heterocycles. The number of hydrogen-bond donors (Lipinski definition) is 0. The third-order valence-corrected chi connectivity index (χ3v) is 4.63. The normalized spacial score (nSPS) is 19.1. The summed E-state index contributed by atoms with van der Waals surface area (Å²) in [5.74, 6) is 0.925. The Kier molecular flexibility index (Phi) is 3.89. The van der Waals surface area contributed by atoms with Gasteiger partial charge in [0.15, 0.2) is 0 Å². The molecule has 1 aliphatic rings. The van der Waals surface area contributed by atoms with Gasteiger partial charge in [0.1, 0.15) is 11.0 Å². The summed E-state index contributed by atoms with van der Waals surface area (Å²) in [5.41, 5.74) is 0.843. The number of hydrogen-bond acceptors (Lipinski definition) is 4. The molecular weight excluding hydrogens is 274 g/mol. The van der Waals surface area contributed by atoms with Gasteiger partial charge in [-0.15, -0.1) is 0 Å². The van der Waals surface area contributed by atoms with E-state index in [9.17, 15) is 8.42 Å². The van der Waals surface area contributed by atoms with Crippen LogP contribution in [-0.2, 0) is 10.0 Å². The van der Waals surface area contributed by atoms with E-state index in [2.05, 4.69) is 9.97 Å². The minimum absolute atomic E-state index is 0.195. The summed E-state index contributed by atoms with van der Waals surface area (Å²) in [6, 6.07) is 1.72. The van der Waals surface area contributed by atoms with Crippen molar-refractivity contribution in [1.29, 1.82) is 0 Å². The van der Waals surface area contributed by atoms with Crippen LogP contribution in [0.5, 0.6) is 0 Å². The number of piperidine rings is 1. The summed E-state index contributed by atoms with van der Waals surface area (Å²) in [4.78, 5) is 8.61. The van der Waals surface area contributed by atoms with Gasteiger partial charge < -0.3 is 0 Å². The summed E-state index contributed by atoms with van der Waals surface area (Å²) in [5, 5.41) is 0.447. The fourth-order valence-corrected chi connectivity index (χ4v) is 3.30. The molecule has 0 amide bonds. The zero-order valence-electron chi connectivity index (χ0n) is 10.4. The van der Waals surface area contributed by atoms with Crippen molar-refractivity contribution in [1.82, 2.24) is 14.3 Å². The van der Waals surface area contributed by atoms with Crippen LogP contribution in [0.2, 0.25) is 5.15 Å². The quantitative estimate of drug-likeness (QED) is 0.776. The minimum Gasteiger partial charge on any atom is -0.238 e. The molecule has 1 aromatic rings. The molecular formula is C11H16ClN3O2S. The zero-order valence-corrected chi connectivity index (χ0v) is 12.0. The summed E-state index contributed by atoms with van der Waals surface area (Å²) in [7, 11) is -3.08. The van der Waals surface area contributed by atoms with Gasteiger partial charge in [-0.25, -0.2) is 22.7 Å². The zero-order chi connectivity index (χ0) is 13.3. The predicted octanol–water partition coefficient (Wildman–Crippen LogP) is 1.58. The van der Waals surface area contributed by atoms with E-state index < -0.39 is 10.0 Å². The first-order chi connectivity index (χ1) is 8.36. The standard InChI is InChI=1S/C11H16ClN3O2S/c1-8-7-10(12)14-11(13-8)9-3-5-15(6-4-9)18(2,16)17/h7,9H,3-6H2,1-2H3. The third kappa shape index (κ3) is 3.18. The lowest BCUT2D eigenvalue weighted by Gasteiger charge is -2.29. The maximum atomic E-state index is 11.4. The van der Waals surface area contributed by atoms with Crippen LogP contribution in [0.4, 0.5) is 0 Å². The molecule has 2 rings (SSSR count). The molecule has 2 heterocycles. The lowest BCUT2D eigenvalue weighted by atomic mass is 9.97. The summed E-state index contributed by atoms with van der Waals surface area (Å²) in [6.07, 6.45) is 2.73. The molecule has 0 atom stereocenters. The molecule has 0 radical (unpaired) electrons. The average molecular weight is 290 g/mol. The van der Waals surface area contributed by atoms with Gasteiger partial charge in [-0.2, -0.15) is 0 Å². The van der Waals surface area contributed by atoms with Crippen molar-refractivity contribution in [2.24, 2.45) is 0 Å². The van der Waals surface area contributed by atoms with Crippen LogP contribution < -0.4 is 0 Å². The van der Waals surface area contributed by atoms with Crippen LogP contribution in [-0.4, -0.2) is 42.0 Å². The van der Waals surface area contributed by atoms with Gasteiger partial charge in [-0.05, 0) is 25.8 Å². The molecule has 0 aliphatic carbocycles. The molecule has 1 aliphatic heterocycles. The molecule has 100 valence electrons. The van der Waals surface area contributed by atoms with Crippen LogP contribution in [0, 0.1) is 6.92 Å². The van der Waals surface area contributed by atoms with Crippen molar-refractivity contribution in [2.75, 3.05) is 19.3 Å². The van der Waals surface area contributed by atoms with E-state index in [1.807, 2.05) is 6.92 Å². The van der Waals surface area contributed by atoms with Crippen LogP contribution in [0.15, 0.2) is 6.07 Å². The third-order valence-electron chi connectivity index (χ3n) is 3.13. The number of sulfonamides is 1. The molecule has 18 heavy (non-hydrogen) atoms. The Morgan fingerprint density at radius 2 is 1.94 bits per heavy atom. The van der Waals surface area contributed by atoms with Crippen molar-refractivity contribution in [3.05, 3.63) is 22.7 Å². The largest absolute Gasteiger partial charge is 0.238 e. The molecule has 0 aromatic carbocycles. The highest BCUT2D eigenvalue weighted by Crippen LogP contribution is 2.27. The summed E-state index contributed by atoms with van der Waals surface area (Å²) >= 11 is 5.91. The smallest absolute Gasteiger partial charge is 0.211 e. The highest BCUT2D eigenvalue weighted by molar-refractivity contribution is 7.88. The number of rotatable bonds is 2. The average Bonchev–Trinajstić information content (AvgIpc) is 2.27. The fourth-order valence-electron chi connectivity index (χ4n) is 2.18. The minimum atomic E-state index is -3.08. The SMILES string of the molecule is Cc1cc(Cl)nc(C2CCN(S(C)(=O)=O)CC2)n1. The Labute approximate surface area is 112 Å². The Bertz CT molecular complexity index is 519. The molecule has 7 heteroatoms. The molecule has 1 fully saturated rings.